The third-order valence-corrected chi connectivity index (χ3v) is 1.99. The molecule has 6 heteroatoms. The average Bonchev–Trinajstić information content (AvgIpc) is 2.74. The van der Waals surface area contributed by atoms with Crippen molar-refractivity contribution >= 4 is 12.0 Å². The van der Waals surface area contributed by atoms with Gasteiger partial charge in [0.15, 0.2) is 0 Å². The fraction of sp³-hybridized carbons (Fsp3) is 0.583. The number of carbonyl (C=O) groups is 2. The van der Waals surface area contributed by atoms with Crippen LogP contribution in [0.5, 0.6) is 0 Å². The number of rotatable bonds is 4. The lowest BCUT2D eigenvalue weighted by molar-refractivity contribution is -0.154. The minimum atomic E-state index is -0.461. The molecule has 1 aromatic heterocycles. The van der Waals surface area contributed by atoms with Crippen LogP contribution in [-0.4, -0.2) is 33.7 Å². The van der Waals surface area contributed by atoms with E-state index in [9.17, 15) is 9.59 Å². The first-order valence-electron chi connectivity index (χ1n) is 5.86. The summed E-state index contributed by atoms with van der Waals surface area (Å²) in [5.41, 5.74) is -0.461. The number of carbonyl (C=O) groups excluding carboxylic acids is 2. The summed E-state index contributed by atoms with van der Waals surface area (Å²) < 4.78 is 6.49. The van der Waals surface area contributed by atoms with Gasteiger partial charge in [-0.25, -0.2) is 9.78 Å². The van der Waals surface area contributed by atoms with Gasteiger partial charge < -0.3 is 10.1 Å². The topological polar surface area (TPSA) is 73.2 Å². The highest BCUT2D eigenvalue weighted by Crippen LogP contribution is 2.08. The standard InChI is InChI=1S/C12H19N3O3/c1-12(2,3)18-10(16)5-4-6-14-11(17)15-8-7-13-9-15/h7-9H,4-6H2,1-3H3,(H,14,17). The molecule has 18 heavy (non-hydrogen) atoms. The number of ether oxygens (including phenoxy) is 1. The fourth-order valence-corrected chi connectivity index (χ4v) is 1.29. The summed E-state index contributed by atoms with van der Waals surface area (Å²) in [6.45, 7) is 5.90. The van der Waals surface area contributed by atoms with Crippen molar-refractivity contribution in [1.29, 1.82) is 0 Å². The Bertz CT molecular complexity index is 393. The van der Waals surface area contributed by atoms with E-state index in [-0.39, 0.29) is 12.0 Å². The van der Waals surface area contributed by atoms with Gasteiger partial charge in [0, 0.05) is 25.4 Å². The first-order chi connectivity index (χ1) is 8.38. The molecule has 1 heterocycles. The maximum Gasteiger partial charge on any atom is 0.326 e. The van der Waals surface area contributed by atoms with Crippen LogP contribution in [0.4, 0.5) is 4.79 Å². The SMILES string of the molecule is CC(C)(C)OC(=O)CCCNC(=O)n1ccnc1. The zero-order valence-electron chi connectivity index (χ0n) is 11.0. The molecule has 0 aliphatic heterocycles. The fourth-order valence-electron chi connectivity index (χ4n) is 1.29. The van der Waals surface area contributed by atoms with Crippen LogP contribution in [-0.2, 0) is 9.53 Å². The number of hydrogen-bond acceptors (Lipinski definition) is 4. The Kier molecular flexibility index (Phi) is 4.88. The van der Waals surface area contributed by atoms with Crippen LogP contribution in [0.2, 0.25) is 0 Å². The quantitative estimate of drug-likeness (QED) is 0.653. The van der Waals surface area contributed by atoms with Gasteiger partial charge in [-0.05, 0) is 27.2 Å². The molecule has 0 radical (unpaired) electrons. The molecule has 100 valence electrons. The summed E-state index contributed by atoms with van der Waals surface area (Å²) in [6, 6.07) is -0.253. The van der Waals surface area contributed by atoms with Gasteiger partial charge in [-0.2, -0.15) is 0 Å². The van der Waals surface area contributed by atoms with Crippen LogP contribution in [0.1, 0.15) is 33.6 Å². The lowest BCUT2D eigenvalue weighted by Gasteiger charge is -2.19. The number of hydrogen-bond donors (Lipinski definition) is 1. The Hall–Kier alpha value is -1.85. The van der Waals surface area contributed by atoms with Gasteiger partial charge in [0.05, 0.1) is 0 Å². The third kappa shape index (κ3) is 5.47. The van der Waals surface area contributed by atoms with Crippen LogP contribution in [0.25, 0.3) is 0 Å². The van der Waals surface area contributed by atoms with Gasteiger partial charge in [-0.1, -0.05) is 0 Å². The van der Waals surface area contributed by atoms with E-state index in [2.05, 4.69) is 10.3 Å². The summed E-state index contributed by atoms with van der Waals surface area (Å²) >= 11 is 0. The number of aromatic nitrogens is 2. The van der Waals surface area contributed by atoms with E-state index in [1.807, 2.05) is 20.8 Å². The number of amides is 1. The molecule has 1 rings (SSSR count). The molecule has 0 saturated heterocycles. The van der Waals surface area contributed by atoms with E-state index in [1.165, 1.54) is 17.1 Å². The number of nitrogens with one attached hydrogen (secondary N) is 1. The normalized spacial score (nSPS) is 11.1. The summed E-state index contributed by atoms with van der Waals surface area (Å²) in [6.07, 6.45) is 5.35. The predicted molar refractivity (Wildman–Crippen MR) is 66.1 cm³/mol. The summed E-state index contributed by atoms with van der Waals surface area (Å²) in [7, 11) is 0. The highest BCUT2D eigenvalue weighted by Gasteiger charge is 2.15. The highest BCUT2D eigenvalue weighted by atomic mass is 16.6. The van der Waals surface area contributed by atoms with E-state index in [0.717, 1.165) is 0 Å². The second kappa shape index (κ2) is 6.18. The molecule has 6 nitrogen and oxygen atoms in total. The van der Waals surface area contributed by atoms with Crippen LogP contribution in [0.15, 0.2) is 18.7 Å². The van der Waals surface area contributed by atoms with Crippen molar-refractivity contribution in [1.82, 2.24) is 14.9 Å². The van der Waals surface area contributed by atoms with Gasteiger partial charge in [0.1, 0.15) is 11.9 Å². The van der Waals surface area contributed by atoms with Gasteiger partial charge in [0.2, 0.25) is 0 Å². The number of imidazole rings is 1. The number of nitrogens with zero attached hydrogens (tertiary/aromatic N) is 2. The molecule has 0 aliphatic carbocycles. The summed E-state index contributed by atoms with van der Waals surface area (Å²) in [5, 5.41) is 2.68. The highest BCUT2D eigenvalue weighted by molar-refractivity contribution is 5.76. The van der Waals surface area contributed by atoms with Crippen LogP contribution >= 0.6 is 0 Å². The van der Waals surface area contributed by atoms with Crippen molar-refractivity contribution in [3.8, 4) is 0 Å². The predicted octanol–water partition coefficient (Wildman–Crippen LogP) is 1.56. The van der Waals surface area contributed by atoms with E-state index in [1.54, 1.807) is 6.20 Å². The Labute approximate surface area is 106 Å². The zero-order chi connectivity index (χ0) is 13.6. The number of esters is 1. The molecule has 1 amide bonds. The molecule has 0 spiro atoms. The van der Waals surface area contributed by atoms with Gasteiger partial charge >= 0.3 is 12.0 Å². The van der Waals surface area contributed by atoms with Gasteiger partial charge in [-0.15, -0.1) is 0 Å². The van der Waals surface area contributed by atoms with Gasteiger partial charge in [0.25, 0.3) is 0 Å². The minimum Gasteiger partial charge on any atom is -0.460 e. The second-order valence-electron chi connectivity index (χ2n) is 4.89. The van der Waals surface area contributed by atoms with Gasteiger partial charge in [-0.3, -0.25) is 9.36 Å². The minimum absolute atomic E-state index is 0.251. The van der Waals surface area contributed by atoms with Crippen molar-refractivity contribution in [2.75, 3.05) is 6.54 Å². The lowest BCUT2D eigenvalue weighted by atomic mass is 10.2. The maximum atomic E-state index is 11.5. The average molecular weight is 253 g/mol. The summed E-state index contributed by atoms with van der Waals surface area (Å²) in [4.78, 5) is 26.6. The molecule has 1 N–H and O–H groups in total. The zero-order valence-corrected chi connectivity index (χ0v) is 11.0. The maximum absolute atomic E-state index is 11.5. The van der Waals surface area contributed by atoms with Crippen molar-refractivity contribution in [3.63, 3.8) is 0 Å². The first kappa shape index (κ1) is 14.2. The van der Waals surface area contributed by atoms with Crippen LogP contribution < -0.4 is 5.32 Å². The molecule has 0 fully saturated rings. The third-order valence-electron chi connectivity index (χ3n) is 1.99. The van der Waals surface area contributed by atoms with Crippen molar-refractivity contribution in [3.05, 3.63) is 18.7 Å². The second-order valence-corrected chi connectivity index (χ2v) is 4.89. The lowest BCUT2D eigenvalue weighted by Crippen LogP contribution is -2.29. The Morgan fingerprint density at radius 1 is 1.39 bits per heavy atom. The molecular formula is C12H19N3O3. The smallest absolute Gasteiger partial charge is 0.326 e. The van der Waals surface area contributed by atoms with E-state index < -0.39 is 5.60 Å². The molecule has 0 aromatic carbocycles. The van der Waals surface area contributed by atoms with E-state index >= 15 is 0 Å². The van der Waals surface area contributed by atoms with Crippen molar-refractivity contribution in [2.24, 2.45) is 0 Å². The van der Waals surface area contributed by atoms with Crippen LogP contribution in [0, 0.1) is 0 Å². The molecular weight excluding hydrogens is 234 g/mol. The van der Waals surface area contributed by atoms with Crippen molar-refractivity contribution in [2.45, 2.75) is 39.2 Å². The van der Waals surface area contributed by atoms with E-state index in [0.29, 0.717) is 19.4 Å². The molecule has 0 saturated carbocycles. The molecule has 0 atom stereocenters. The molecule has 0 unspecified atom stereocenters. The van der Waals surface area contributed by atoms with Crippen molar-refractivity contribution < 1.29 is 14.3 Å². The molecule has 0 bridgehead atoms. The summed E-state index contributed by atoms with van der Waals surface area (Å²) in [5.74, 6) is -0.251. The largest absolute Gasteiger partial charge is 0.460 e. The first-order valence-corrected chi connectivity index (χ1v) is 5.86. The van der Waals surface area contributed by atoms with Crippen LogP contribution in [0.3, 0.4) is 0 Å². The Morgan fingerprint density at radius 2 is 2.11 bits per heavy atom. The molecule has 0 aliphatic rings. The Morgan fingerprint density at radius 3 is 2.67 bits per heavy atom. The van der Waals surface area contributed by atoms with E-state index in [4.69, 9.17) is 4.74 Å². The Balaban J connectivity index is 2.16. The molecule has 1 aromatic rings. The monoisotopic (exact) mass is 253 g/mol.